The highest BCUT2D eigenvalue weighted by Crippen LogP contribution is 2.19. The zero-order chi connectivity index (χ0) is 15.2. The Morgan fingerprint density at radius 1 is 1.24 bits per heavy atom. The molecule has 0 radical (unpaired) electrons. The Labute approximate surface area is 127 Å². The van der Waals surface area contributed by atoms with Gasteiger partial charge in [0.25, 0.3) is 0 Å². The van der Waals surface area contributed by atoms with E-state index in [4.69, 9.17) is 0 Å². The third kappa shape index (κ3) is 4.68. The Morgan fingerprint density at radius 2 is 1.95 bits per heavy atom. The van der Waals surface area contributed by atoms with Crippen molar-refractivity contribution in [3.8, 4) is 0 Å². The first kappa shape index (κ1) is 16.2. The van der Waals surface area contributed by atoms with Crippen LogP contribution in [0.3, 0.4) is 0 Å². The Balaban J connectivity index is 1.84. The van der Waals surface area contributed by atoms with E-state index in [1.54, 1.807) is 0 Å². The largest absolute Gasteiger partial charge is 0.355 e. The summed E-state index contributed by atoms with van der Waals surface area (Å²) in [5.41, 5.74) is 0. The van der Waals surface area contributed by atoms with Gasteiger partial charge in [0.15, 0.2) is 0 Å². The van der Waals surface area contributed by atoms with Crippen LogP contribution in [0.5, 0.6) is 0 Å². The van der Waals surface area contributed by atoms with E-state index < -0.39 is 0 Å². The zero-order valence-corrected chi connectivity index (χ0v) is 13.2. The molecule has 0 aromatic rings. The molecule has 0 spiro atoms. The fraction of sp³-hybridized carbons (Fsp3) is 0.867. The summed E-state index contributed by atoms with van der Waals surface area (Å²) < 4.78 is 0. The number of rotatable bonds is 5. The van der Waals surface area contributed by atoms with Crippen molar-refractivity contribution >= 4 is 11.8 Å². The topological polar surface area (TPSA) is 64.7 Å². The Kier molecular flexibility index (Phi) is 5.99. The first-order valence-corrected chi connectivity index (χ1v) is 8.08. The highest BCUT2D eigenvalue weighted by molar-refractivity contribution is 5.84. The van der Waals surface area contributed by atoms with E-state index in [1.165, 1.54) is 0 Å². The average Bonchev–Trinajstić information content (AvgIpc) is 2.93. The van der Waals surface area contributed by atoms with Crippen LogP contribution in [-0.4, -0.2) is 73.5 Å². The molecule has 120 valence electrons. The maximum atomic E-state index is 12.6. The van der Waals surface area contributed by atoms with Crippen LogP contribution in [0.4, 0.5) is 0 Å². The van der Waals surface area contributed by atoms with Crippen molar-refractivity contribution in [2.24, 2.45) is 5.92 Å². The minimum atomic E-state index is -0.104. The van der Waals surface area contributed by atoms with Gasteiger partial charge in [0, 0.05) is 32.7 Å². The Bertz CT molecular complexity index is 367. The predicted molar refractivity (Wildman–Crippen MR) is 81.9 cm³/mol. The van der Waals surface area contributed by atoms with Crippen molar-refractivity contribution in [1.29, 1.82) is 0 Å². The number of carbonyl (C=O) groups excluding carboxylic acids is 2. The maximum Gasteiger partial charge on any atom is 0.240 e. The standard InChI is InChI=1S/C15H28N4O2/c1-12(2)10-17-14(20)11-19-7-3-4-13(19)15(21)18-8-5-16-6-9-18/h12-13,16H,3-11H2,1-2H3,(H,17,20). The van der Waals surface area contributed by atoms with Gasteiger partial charge in [-0.3, -0.25) is 14.5 Å². The summed E-state index contributed by atoms with van der Waals surface area (Å²) in [5, 5.41) is 6.19. The number of likely N-dealkylation sites (tertiary alicyclic amines) is 1. The van der Waals surface area contributed by atoms with Gasteiger partial charge < -0.3 is 15.5 Å². The van der Waals surface area contributed by atoms with Crippen molar-refractivity contribution in [1.82, 2.24) is 20.4 Å². The van der Waals surface area contributed by atoms with Gasteiger partial charge in [-0.25, -0.2) is 0 Å². The van der Waals surface area contributed by atoms with Crippen LogP contribution in [0, 0.1) is 5.92 Å². The lowest BCUT2D eigenvalue weighted by atomic mass is 10.1. The molecule has 2 aliphatic heterocycles. The van der Waals surface area contributed by atoms with Crippen LogP contribution in [0.15, 0.2) is 0 Å². The van der Waals surface area contributed by atoms with Crippen LogP contribution in [0.1, 0.15) is 26.7 Å². The van der Waals surface area contributed by atoms with Crippen LogP contribution in [0.2, 0.25) is 0 Å². The van der Waals surface area contributed by atoms with Crippen molar-refractivity contribution in [2.75, 3.05) is 45.8 Å². The van der Waals surface area contributed by atoms with Gasteiger partial charge in [-0.05, 0) is 25.3 Å². The van der Waals surface area contributed by atoms with Gasteiger partial charge in [-0.15, -0.1) is 0 Å². The van der Waals surface area contributed by atoms with E-state index in [0.717, 1.165) is 45.6 Å². The molecule has 0 bridgehead atoms. The number of hydrogen-bond donors (Lipinski definition) is 2. The number of hydrogen-bond acceptors (Lipinski definition) is 4. The SMILES string of the molecule is CC(C)CNC(=O)CN1CCCC1C(=O)N1CCNCC1. The van der Waals surface area contributed by atoms with Crippen LogP contribution in [-0.2, 0) is 9.59 Å². The summed E-state index contributed by atoms with van der Waals surface area (Å²) in [6, 6.07) is -0.104. The summed E-state index contributed by atoms with van der Waals surface area (Å²) in [4.78, 5) is 28.5. The van der Waals surface area contributed by atoms with Gasteiger partial charge in [0.2, 0.25) is 11.8 Å². The van der Waals surface area contributed by atoms with Gasteiger partial charge >= 0.3 is 0 Å². The highest BCUT2D eigenvalue weighted by atomic mass is 16.2. The molecule has 21 heavy (non-hydrogen) atoms. The molecular weight excluding hydrogens is 268 g/mol. The molecule has 0 aromatic heterocycles. The van der Waals surface area contributed by atoms with Gasteiger partial charge in [-0.1, -0.05) is 13.8 Å². The van der Waals surface area contributed by atoms with E-state index in [-0.39, 0.29) is 17.9 Å². The van der Waals surface area contributed by atoms with Crippen molar-refractivity contribution in [3.05, 3.63) is 0 Å². The lowest BCUT2D eigenvalue weighted by Crippen LogP contribution is -2.53. The first-order valence-electron chi connectivity index (χ1n) is 8.08. The molecule has 0 aliphatic carbocycles. The fourth-order valence-electron chi connectivity index (χ4n) is 2.95. The third-order valence-corrected chi connectivity index (χ3v) is 4.13. The van der Waals surface area contributed by atoms with Gasteiger partial charge in [0.05, 0.1) is 12.6 Å². The van der Waals surface area contributed by atoms with Crippen molar-refractivity contribution in [2.45, 2.75) is 32.7 Å². The molecule has 6 heteroatoms. The van der Waals surface area contributed by atoms with E-state index in [2.05, 4.69) is 24.5 Å². The second-order valence-corrected chi connectivity index (χ2v) is 6.40. The molecule has 1 unspecified atom stereocenters. The van der Waals surface area contributed by atoms with Crippen molar-refractivity contribution in [3.63, 3.8) is 0 Å². The molecule has 2 N–H and O–H groups in total. The second-order valence-electron chi connectivity index (χ2n) is 6.40. The highest BCUT2D eigenvalue weighted by Gasteiger charge is 2.34. The third-order valence-electron chi connectivity index (χ3n) is 4.13. The smallest absolute Gasteiger partial charge is 0.240 e. The lowest BCUT2D eigenvalue weighted by molar-refractivity contribution is -0.137. The minimum absolute atomic E-state index is 0.0312. The monoisotopic (exact) mass is 296 g/mol. The molecule has 6 nitrogen and oxygen atoms in total. The quantitative estimate of drug-likeness (QED) is 0.728. The normalized spacial score (nSPS) is 23.6. The summed E-state index contributed by atoms with van der Waals surface area (Å²) in [7, 11) is 0. The first-order chi connectivity index (χ1) is 10.1. The molecule has 2 amide bonds. The molecule has 0 aromatic carbocycles. The maximum absolute atomic E-state index is 12.6. The summed E-state index contributed by atoms with van der Waals surface area (Å²) in [5.74, 6) is 0.681. The van der Waals surface area contributed by atoms with Gasteiger partial charge in [0.1, 0.15) is 0 Å². The number of amides is 2. The van der Waals surface area contributed by atoms with Crippen LogP contribution in [0.25, 0.3) is 0 Å². The van der Waals surface area contributed by atoms with Crippen LogP contribution >= 0.6 is 0 Å². The Morgan fingerprint density at radius 3 is 2.62 bits per heavy atom. The van der Waals surface area contributed by atoms with Crippen LogP contribution < -0.4 is 10.6 Å². The lowest BCUT2D eigenvalue weighted by Gasteiger charge is -2.32. The number of nitrogens with zero attached hydrogens (tertiary/aromatic N) is 2. The average molecular weight is 296 g/mol. The van der Waals surface area contributed by atoms with E-state index in [1.807, 2.05) is 9.80 Å². The molecule has 2 aliphatic rings. The summed E-state index contributed by atoms with van der Waals surface area (Å²) in [6.45, 7) is 9.34. The molecule has 0 saturated carbocycles. The van der Waals surface area contributed by atoms with Gasteiger partial charge in [-0.2, -0.15) is 0 Å². The molecule has 2 saturated heterocycles. The molecule has 1 atom stereocenters. The fourth-order valence-corrected chi connectivity index (χ4v) is 2.95. The number of piperazine rings is 1. The predicted octanol–water partition coefficient (Wildman–Crippen LogP) is -0.345. The van der Waals surface area contributed by atoms with E-state index >= 15 is 0 Å². The zero-order valence-electron chi connectivity index (χ0n) is 13.2. The van der Waals surface area contributed by atoms with Crippen molar-refractivity contribution < 1.29 is 9.59 Å². The van der Waals surface area contributed by atoms with E-state index in [9.17, 15) is 9.59 Å². The number of carbonyl (C=O) groups is 2. The minimum Gasteiger partial charge on any atom is -0.355 e. The summed E-state index contributed by atoms with van der Waals surface area (Å²) in [6.07, 6.45) is 1.88. The molecule has 2 rings (SSSR count). The molecule has 2 heterocycles. The number of nitrogens with one attached hydrogen (secondary N) is 2. The molecule has 2 fully saturated rings. The summed E-state index contributed by atoms with van der Waals surface area (Å²) >= 11 is 0. The molecular formula is C15H28N4O2. The second kappa shape index (κ2) is 7.75. The van der Waals surface area contributed by atoms with E-state index in [0.29, 0.717) is 19.0 Å². The Hall–Kier alpha value is -1.14.